The molecule has 4 nitrogen and oxygen atoms in total. The van der Waals surface area contributed by atoms with Crippen molar-refractivity contribution in [3.8, 4) is 5.69 Å². The molecule has 0 unspecified atom stereocenters. The second-order valence-electron chi connectivity index (χ2n) is 5.06. The average molecular weight is 331 g/mol. The third kappa shape index (κ3) is 3.31. The van der Waals surface area contributed by atoms with E-state index in [1.165, 1.54) is 11.1 Å². The van der Waals surface area contributed by atoms with E-state index in [-0.39, 0.29) is 0 Å². The first kappa shape index (κ1) is 15.1. The van der Waals surface area contributed by atoms with Gasteiger partial charge in [-0.15, -0.1) is 5.10 Å². The van der Waals surface area contributed by atoms with Crippen molar-refractivity contribution < 1.29 is 0 Å². The Labute approximate surface area is 138 Å². The quantitative estimate of drug-likeness (QED) is 0.672. The van der Waals surface area contributed by atoms with Gasteiger partial charge in [0.15, 0.2) is 0 Å². The molecule has 0 saturated heterocycles. The fraction of sp³-hybridized carbons (Fsp3) is 0.188. The molecule has 3 aromatic rings. The smallest absolute Gasteiger partial charge is 0.187 e. The van der Waals surface area contributed by atoms with Crippen LogP contribution in [-0.2, 0) is 5.75 Å². The molecule has 112 valence electrons. The van der Waals surface area contributed by atoms with Gasteiger partial charge in [0.05, 0.1) is 5.69 Å². The van der Waals surface area contributed by atoms with Crippen molar-refractivity contribution in [2.24, 2.45) is 0 Å². The van der Waals surface area contributed by atoms with Gasteiger partial charge in [-0.1, -0.05) is 41.6 Å². The molecule has 0 saturated carbocycles. The highest BCUT2D eigenvalue weighted by Crippen LogP contribution is 2.24. The molecule has 0 aliphatic heterocycles. The largest absolute Gasteiger partial charge is 0.214 e. The first-order valence-corrected chi connectivity index (χ1v) is 8.23. The summed E-state index contributed by atoms with van der Waals surface area (Å²) < 4.78 is 1.77. The predicted octanol–water partition coefficient (Wildman–Crippen LogP) is 4.22. The van der Waals surface area contributed by atoms with Crippen LogP contribution in [0.3, 0.4) is 0 Å². The lowest BCUT2D eigenvalue weighted by atomic mass is 10.1. The molecule has 0 spiro atoms. The maximum atomic E-state index is 6.01. The van der Waals surface area contributed by atoms with Crippen LogP contribution in [0.5, 0.6) is 0 Å². The Morgan fingerprint density at radius 2 is 1.95 bits per heavy atom. The van der Waals surface area contributed by atoms with E-state index in [1.54, 1.807) is 16.4 Å². The van der Waals surface area contributed by atoms with Gasteiger partial charge in [-0.25, -0.2) is 0 Å². The fourth-order valence-corrected chi connectivity index (χ4v) is 3.11. The molecule has 1 aromatic heterocycles. The normalized spacial score (nSPS) is 10.9. The molecule has 0 fully saturated rings. The number of aromatic nitrogens is 4. The number of tetrazole rings is 1. The van der Waals surface area contributed by atoms with Crippen LogP contribution < -0.4 is 0 Å². The van der Waals surface area contributed by atoms with E-state index in [2.05, 4.69) is 41.5 Å². The van der Waals surface area contributed by atoms with Gasteiger partial charge in [-0.3, -0.25) is 0 Å². The van der Waals surface area contributed by atoms with Crippen molar-refractivity contribution in [3.63, 3.8) is 0 Å². The average Bonchev–Trinajstić information content (AvgIpc) is 2.96. The Hall–Kier alpha value is -1.85. The van der Waals surface area contributed by atoms with E-state index in [0.717, 1.165) is 27.2 Å². The second-order valence-corrected chi connectivity index (χ2v) is 6.44. The SMILES string of the molecule is Cc1ccc(-n2nnnc2SCc2cccc(Cl)c2)cc1C. The van der Waals surface area contributed by atoms with Gasteiger partial charge in [0.1, 0.15) is 0 Å². The minimum absolute atomic E-state index is 0.742. The molecule has 2 aromatic carbocycles. The van der Waals surface area contributed by atoms with Crippen molar-refractivity contribution in [1.29, 1.82) is 0 Å². The van der Waals surface area contributed by atoms with Crippen LogP contribution in [0.4, 0.5) is 0 Å². The summed E-state index contributed by atoms with van der Waals surface area (Å²) in [6.07, 6.45) is 0. The summed E-state index contributed by atoms with van der Waals surface area (Å²) in [6, 6.07) is 14.0. The van der Waals surface area contributed by atoms with Crippen molar-refractivity contribution in [3.05, 3.63) is 64.2 Å². The Kier molecular flexibility index (Phi) is 4.45. The monoisotopic (exact) mass is 330 g/mol. The van der Waals surface area contributed by atoms with E-state index in [9.17, 15) is 0 Å². The topological polar surface area (TPSA) is 43.6 Å². The van der Waals surface area contributed by atoms with Gasteiger partial charge in [-0.05, 0) is 65.2 Å². The Balaban J connectivity index is 1.81. The van der Waals surface area contributed by atoms with E-state index in [4.69, 9.17) is 11.6 Å². The molecular formula is C16H15ClN4S. The van der Waals surface area contributed by atoms with Gasteiger partial charge in [0.25, 0.3) is 0 Å². The number of benzene rings is 2. The van der Waals surface area contributed by atoms with Crippen LogP contribution in [0.2, 0.25) is 5.02 Å². The highest BCUT2D eigenvalue weighted by molar-refractivity contribution is 7.98. The molecular weight excluding hydrogens is 316 g/mol. The molecule has 0 atom stereocenters. The number of hydrogen-bond donors (Lipinski definition) is 0. The predicted molar refractivity (Wildman–Crippen MR) is 89.6 cm³/mol. The van der Waals surface area contributed by atoms with Crippen molar-refractivity contribution >= 4 is 23.4 Å². The molecule has 3 rings (SSSR count). The summed E-state index contributed by atoms with van der Waals surface area (Å²) in [5.41, 5.74) is 4.59. The summed E-state index contributed by atoms with van der Waals surface area (Å²) in [6.45, 7) is 4.18. The summed E-state index contributed by atoms with van der Waals surface area (Å²) in [7, 11) is 0. The molecule has 22 heavy (non-hydrogen) atoms. The van der Waals surface area contributed by atoms with Crippen LogP contribution in [0.1, 0.15) is 16.7 Å². The van der Waals surface area contributed by atoms with Crippen LogP contribution >= 0.6 is 23.4 Å². The number of aryl methyl sites for hydroxylation is 2. The fourth-order valence-electron chi connectivity index (χ4n) is 2.06. The molecule has 6 heteroatoms. The Morgan fingerprint density at radius 1 is 1.09 bits per heavy atom. The number of halogens is 1. The number of nitrogens with zero attached hydrogens (tertiary/aromatic N) is 4. The highest BCUT2D eigenvalue weighted by Gasteiger charge is 2.10. The Morgan fingerprint density at radius 3 is 2.73 bits per heavy atom. The minimum Gasteiger partial charge on any atom is -0.187 e. The van der Waals surface area contributed by atoms with Crippen LogP contribution in [0.25, 0.3) is 5.69 Å². The number of rotatable bonds is 4. The van der Waals surface area contributed by atoms with Crippen molar-refractivity contribution in [1.82, 2.24) is 20.2 Å². The molecule has 1 heterocycles. The molecule has 0 amide bonds. The molecule has 0 bridgehead atoms. The van der Waals surface area contributed by atoms with E-state index in [1.807, 2.05) is 30.3 Å². The zero-order chi connectivity index (χ0) is 15.5. The lowest BCUT2D eigenvalue weighted by molar-refractivity contribution is 0.755. The first-order chi connectivity index (χ1) is 10.6. The zero-order valence-electron chi connectivity index (χ0n) is 12.3. The van der Waals surface area contributed by atoms with Gasteiger partial charge in [-0.2, -0.15) is 4.68 Å². The van der Waals surface area contributed by atoms with Gasteiger partial charge in [0.2, 0.25) is 5.16 Å². The summed E-state index contributed by atoms with van der Waals surface area (Å²) >= 11 is 7.60. The molecule has 0 aliphatic rings. The lowest BCUT2D eigenvalue weighted by Crippen LogP contribution is -2.00. The number of hydrogen-bond acceptors (Lipinski definition) is 4. The summed E-state index contributed by atoms with van der Waals surface area (Å²) in [5, 5.41) is 13.5. The van der Waals surface area contributed by atoms with Gasteiger partial charge in [0, 0.05) is 10.8 Å². The van der Waals surface area contributed by atoms with E-state index in [0.29, 0.717) is 0 Å². The standard InChI is InChI=1S/C16H15ClN4S/c1-11-6-7-15(8-12(11)2)21-16(18-19-20-21)22-10-13-4-3-5-14(17)9-13/h3-9H,10H2,1-2H3. The molecule has 0 aliphatic carbocycles. The maximum Gasteiger partial charge on any atom is 0.214 e. The van der Waals surface area contributed by atoms with Crippen molar-refractivity contribution in [2.75, 3.05) is 0 Å². The van der Waals surface area contributed by atoms with Crippen LogP contribution in [0, 0.1) is 13.8 Å². The molecule has 0 radical (unpaired) electrons. The minimum atomic E-state index is 0.742. The molecule has 0 N–H and O–H groups in total. The third-order valence-electron chi connectivity index (χ3n) is 3.43. The van der Waals surface area contributed by atoms with Gasteiger partial charge < -0.3 is 0 Å². The van der Waals surface area contributed by atoms with E-state index >= 15 is 0 Å². The van der Waals surface area contributed by atoms with E-state index < -0.39 is 0 Å². The maximum absolute atomic E-state index is 6.01. The van der Waals surface area contributed by atoms with Crippen molar-refractivity contribution in [2.45, 2.75) is 24.8 Å². The second kappa shape index (κ2) is 6.50. The third-order valence-corrected chi connectivity index (χ3v) is 4.66. The van der Waals surface area contributed by atoms with Gasteiger partial charge >= 0.3 is 0 Å². The number of thioether (sulfide) groups is 1. The lowest BCUT2D eigenvalue weighted by Gasteiger charge is -2.07. The summed E-state index contributed by atoms with van der Waals surface area (Å²) in [4.78, 5) is 0. The first-order valence-electron chi connectivity index (χ1n) is 6.87. The summed E-state index contributed by atoms with van der Waals surface area (Å²) in [5.74, 6) is 0.770. The zero-order valence-corrected chi connectivity index (χ0v) is 13.9. The van der Waals surface area contributed by atoms with Crippen LogP contribution in [0.15, 0.2) is 47.6 Å². The van der Waals surface area contributed by atoms with Crippen LogP contribution in [-0.4, -0.2) is 20.2 Å². The Bertz CT molecular complexity index is 800. The highest BCUT2D eigenvalue weighted by atomic mass is 35.5.